The molecule has 0 N–H and O–H groups in total. The van der Waals surface area contributed by atoms with E-state index in [2.05, 4.69) is 27.3 Å². The first-order valence-electron chi connectivity index (χ1n) is 8.64. The minimum Gasteiger partial charge on any atom is -0.309 e. The Labute approximate surface area is 160 Å². The number of hydrogen-bond donors (Lipinski definition) is 0. The van der Waals surface area contributed by atoms with Crippen LogP contribution >= 0.6 is 11.8 Å². The van der Waals surface area contributed by atoms with Crippen LogP contribution in [0, 0.1) is 6.92 Å². The zero-order valence-corrected chi connectivity index (χ0v) is 16.0. The number of rotatable bonds is 5. The highest BCUT2D eigenvalue weighted by molar-refractivity contribution is 7.98. The Balaban J connectivity index is 1.51. The number of thioether (sulfide) groups is 1. The van der Waals surface area contributed by atoms with Crippen LogP contribution in [-0.2, 0) is 19.2 Å². The van der Waals surface area contributed by atoms with Gasteiger partial charge in [0.15, 0.2) is 5.16 Å². The number of aromatic nitrogens is 5. The molecule has 3 aromatic heterocycles. The molecule has 0 aliphatic heterocycles. The van der Waals surface area contributed by atoms with Crippen LogP contribution in [0.4, 0.5) is 0 Å². The van der Waals surface area contributed by atoms with Gasteiger partial charge in [0.2, 0.25) is 0 Å². The summed E-state index contributed by atoms with van der Waals surface area (Å²) < 4.78 is 3.57. The highest BCUT2D eigenvalue weighted by Crippen LogP contribution is 2.21. The summed E-state index contributed by atoms with van der Waals surface area (Å²) in [6.45, 7) is 1.96. The van der Waals surface area contributed by atoms with E-state index in [0.29, 0.717) is 11.4 Å². The molecular weight excluding hydrogens is 358 g/mol. The lowest BCUT2D eigenvalue weighted by Crippen LogP contribution is -2.15. The first kappa shape index (κ1) is 17.5. The summed E-state index contributed by atoms with van der Waals surface area (Å²) in [4.78, 5) is 16.9. The van der Waals surface area contributed by atoms with Gasteiger partial charge in [0.05, 0.1) is 5.69 Å². The maximum atomic E-state index is 12.3. The minimum absolute atomic E-state index is 0.0676. The summed E-state index contributed by atoms with van der Waals surface area (Å²) >= 11 is 1.53. The molecular formula is C20H19N5OS. The van der Waals surface area contributed by atoms with E-state index in [9.17, 15) is 4.79 Å². The highest BCUT2D eigenvalue weighted by Gasteiger charge is 2.11. The lowest BCUT2D eigenvalue weighted by atomic mass is 10.1. The van der Waals surface area contributed by atoms with Crippen LogP contribution in [-0.4, -0.2) is 24.1 Å². The molecule has 0 saturated carbocycles. The lowest BCUT2D eigenvalue weighted by molar-refractivity contribution is 0.748. The van der Waals surface area contributed by atoms with Gasteiger partial charge in [0, 0.05) is 31.5 Å². The summed E-state index contributed by atoms with van der Waals surface area (Å²) in [6.07, 6.45) is 2.54. The van der Waals surface area contributed by atoms with Crippen molar-refractivity contribution in [3.8, 4) is 0 Å². The molecule has 0 atom stereocenters. The standard InChI is InChI=1S/C20H19N5OS/c1-14-8-9-17-21-16(11-19(26)25(17)12-14)13-27-20-23-22-18(24(20)2)10-15-6-4-3-5-7-15/h3-9,11-12H,10,13H2,1-2H3. The summed E-state index contributed by atoms with van der Waals surface area (Å²) in [5, 5.41) is 9.41. The van der Waals surface area contributed by atoms with E-state index in [4.69, 9.17) is 0 Å². The first-order chi connectivity index (χ1) is 13.1. The lowest BCUT2D eigenvalue weighted by Gasteiger charge is -2.06. The molecule has 1 aromatic carbocycles. The van der Waals surface area contributed by atoms with E-state index in [0.717, 1.165) is 28.7 Å². The average Bonchev–Trinajstić information content (AvgIpc) is 3.01. The molecule has 6 nitrogen and oxygen atoms in total. The first-order valence-corrected chi connectivity index (χ1v) is 9.62. The van der Waals surface area contributed by atoms with Gasteiger partial charge in [0.1, 0.15) is 11.5 Å². The van der Waals surface area contributed by atoms with Crippen molar-refractivity contribution >= 4 is 17.4 Å². The quantitative estimate of drug-likeness (QED) is 0.500. The van der Waals surface area contributed by atoms with Crippen LogP contribution in [0.5, 0.6) is 0 Å². The fourth-order valence-corrected chi connectivity index (χ4v) is 3.70. The third kappa shape index (κ3) is 3.78. The molecule has 0 unspecified atom stereocenters. The smallest absolute Gasteiger partial charge is 0.258 e. The van der Waals surface area contributed by atoms with Gasteiger partial charge in [-0.25, -0.2) is 4.98 Å². The predicted octanol–water partition coefficient (Wildman–Crippen LogP) is 3.01. The van der Waals surface area contributed by atoms with Crippen LogP contribution in [0.15, 0.2) is 64.7 Å². The minimum atomic E-state index is -0.0676. The summed E-state index contributed by atoms with van der Waals surface area (Å²) in [6, 6.07) is 15.6. The van der Waals surface area contributed by atoms with Crippen LogP contribution in [0.1, 0.15) is 22.6 Å². The topological polar surface area (TPSA) is 65.1 Å². The van der Waals surface area contributed by atoms with Crippen molar-refractivity contribution in [1.29, 1.82) is 0 Å². The zero-order valence-electron chi connectivity index (χ0n) is 15.2. The fourth-order valence-electron chi connectivity index (χ4n) is 2.87. The van der Waals surface area contributed by atoms with Gasteiger partial charge in [-0.15, -0.1) is 10.2 Å². The Bertz CT molecular complexity index is 1150. The van der Waals surface area contributed by atoms with Gasteiger partial charge in [0.25, 0.3) is 5.56 Å². The summed E-state index contributed by atoms with van der Waals surface area (Å²) in [5.74, 6) is 1.47. The number of benzene rings is 1. The molecule has 0 fully saturated rings. The Morgan fingerprint density at radius 1 is 1.07 bits per heavy atom. The molecule has 4 aromatic rings. The number of pyridine rings is 1. The van der Waals surface area contributed by atoms with Crippen LogP contribution < -0.4 is 5.56 Å². The largest absolute Gasteiger partial charge is 0.309 e. The van der Waals surface area contributed by atoms with E-state index in [1.165, 1.54) is 17.3 Å². The number of nitrogens with zero attached hydrogens (tertiary/aromatic N) is 5. The number of fused-ring (bicyclic) bond motifs is 1. The van der Waals surface area contributed by atoms with E-state index in [-0.39, 0.29) is 5.56 Å². The van der Waals surface area contributed by atoms with Gasteiger partial charge < -0.3 is 4.57 Å². The third-order valence-electron chi connectivity index (χ3n) is 4.34. The zero-order chi connectivity index (χ0) is 18.8. The molecule has 0 aliphatic rings. The van der Waals surface area contributed by atoms with Crippen molar-refractivity contribution in [2.75, 3.05) is 0 Å². The molecule has 0 radical (unpaired) electrons. The van der Waals surface area contributed by atoms with E-state index < -0.39 is 0 Å². The number of hydrogen-bond acceptors (Lipinski definition) is 5. The molecule has 7 heteroatoms. The van der Waals surface area contributed by atoms with Crippen molar-refractivity contribution < 1.29 is 0 Å². The van der Waals surface area contributed by atoms with Crippen LogP contribution in [0.2, 0.25) is 0 Å². The van der Waals surface area contributed by atoms with Crippen molar-refractivity contribution in [2.45, 2.75) is 24.3 Å². The molecule has 0 saturated heterocycles. The van der Waals surface area contributed by atoms with Gasteiger partial charge in [-0.1, -0.05) is 48.2 Å². The molecule has 4 rings (SSSR count). The fraction of sp³-hybridized carbons (Fsp3) is 0.200. The predicted molar refractivity (Wildman–Crippen MR) is 106 cm³/mol. The summed E-state index contributed by atoms with van der Waals surface area (Å²) in [7, 11) is 1.96. The maximum Gasteiger partial charge on any atom is 0.258 e. The average molecular weight is 377 g/mol. The van der Waals surface area contributed by atoms with Gasteiger partial charge in [-0.2, -0.15) is 0 Å². The van der Waals surface area contributed by atoms with Crippen molar-refractivity contribution in [2.24, 2.45) is 7.05 Å². The molecule has 0 amide bonds. The Hall–Kier alpha value is -2.93. The summed E-state index contributed by atoms with van der Waals surface area (Å²) in [5.41, 5.74) is 3.55. The Kier molecular flexibility index (Phi) is 4.77. The second kappa shape index (κ2) is 7.36. The number of aryl methyl sites for hydroxylation is 1. The van der Waals surface area contributed by atoms with E-state index in [1.54, 1.807) is 16.7 Å². The molecule has 0 bridgehead atoms. The van der Waals surface area contributed by atoms with Crippen molar-refractivity contribution in [3.05, 3.63) is 87.7 Å². The monoisotopic (exact) mass is 377 g/mol. The second-order valence-corrected chi connectivity index (χ2v) is 7.37. The second-order valence-electron chi connectivity index (χ2n) is 6.43. The highest BCUT2D eigenvalue weighted by atomic mass is 32.2. The Morgan fingerprint density at radius 3 is 2.70 bits per heavy atom. The maximum absolute atomic E-state index is 12.3. The molecule has 0 aliphatic carbocycles. The molecule has 136 valence electrons. The van der Waals surface area contributed by atoms with Gasteiger partial charge in [-0.05, 0) is 24.1 Å². The van der Waals surface area contributed by atoms with Crippen molar-refractivity contribution in [3.63, 3.8) is 0 Å². The van der Waals surface area contributed by atoms with E-state index in [1.807, 2.05) is 48.9 Å². The van der Waals surface area contributed by atoms with E-state index >= 15 is 0 Å². The van der Waals surface area contributed by atoms with Crippen molar-refractivity contribution in [1.82, 2.24) is 24.1 Å². The Morgan fingerprint density at radius 2 is 1.89 bits per heavy atom. The third-order valence-corrected chi connectivity index (χ3v) is 5.39. The van der Waals surface area contributed by atoms with Crippen LogP contribution in [0.25, 0.3) is 5.65 Å². The normalized spacial score (nSPS) is 11.2. The molecule has 3 heterocycles. The van der Waals surface area contributed by atoms with Crippen LogP contribution in [0.3, 0.4) is 0 Å². The SMILES string of the molecule is Cc1ccc2nc(CSc3nnc(Cc4ccccc4)n3C)cc(=O)n2c1. The van der Waals surface area contributed by atoms with Gasteiger partial charge in [-0.3, -0.25) is 9.20 Å². The molecule has 0 spiro atoms. The van der Waals surface area contributed by atoms with Gasteiger partial charge >= 0.3 is 0 Å². The molecule has 27 heavy (non-hydrogen) atoms.